The van der Waals surface area contributed by atoms with Gasteiger partial charge in [0, 0.05) is 45.1 Å². The van der Waals surface area contributed by atoms with Crippen molar-refractivity contribution in [3.8, 4) is 0 Å². The van der Waals surface area contributed by atoms with Gasteiger partial charge in [-0.1, -0.05) is 20.3 Å². The Hall–Kier alpha value is -0.420. The number of unbranched alkanes of at least 4 members (excludes halogenated alkanes) is 1. The van der Waals surface area contributed by atoms with Gasteiger partial charge in [-0.15, -0.1) is 0 Å². The molecule has 1 N–H and O–H groups in total. The molecule has 20 heavy (non-hydrogen) atoms. The van der Waals surface area contributed by atoms with Crippen LogP contribution in [0.3, 0.4) is 0 Å². The summed E-state index contributed by atoms with van der Waals surface area (Å²) in [6.07, 6.45) is 4.69. The maximum Gasteiger partial charge on any atom is 0.193 e. The highest BCUT2D eigenvalue weighted by atomic mass is 32.2. The third-order valence-corrected chi connectivity index (χ3v) is 5.30. The molecular weight excluding hydrogens is 270 g/mol. The maximum absolute atomic E-state index is 5.52. The summed E-state index contributed by atoms with van der Waals surface area (Å²) in [5.41, 5.74) is 0. The van der Waals surface area contributed by atoms with Gasteiger partial charge in [-0.3, -0.25) is 4.99 Å². The van der Waals surface area contributed by atoms with E-state index in [-0.39, 0.29) is 0 Å². The Kier molecular flexibility index (Phi) is 8.38. The fourth-order valence-electron chi connectivity index (χ4n) is 2.55. The zero-order valence-electron chi connectivity index (χ0n) is 13.6. The quantitative estimate of drug-likeness (QED) is 0.579. The summed E-state index contributed by atoms with van der Waals surface area (Å²) in [6.45, 7) is 8.28. The Labute approximate surface area is 128 Å². The van der Waals surface area contributed by atoms with Crippen molar-refractivity contribution >= 4 is 17.7 Å². The normalized spacial score (nSPS) is 18.9. The number of hydrogen-bond acceptors (Lipinski definition) is 3. The zero-order valence-corrected chi connectivity index (χ0v) is 14.4. The minimum absolute atomic E-state index is 0.314. The van der Waals surface area contributed by atoms with Gasteiger partial charge in [-0.05, 0) is 25.0 Å². The number of ether oxygens (including phenoxy) is 1. The highest BCUT2D eigenvalue weighted by Gasteiger charge is 2.32. The van der Waals surface area contributed by atoms with Crippen LogP contribution < -0.4 is 5.32 Å². The summed E-state index contributed by atoms with van der Waals surface area (Å²) in [5.74, 6) is 2.17. The molecule has 1 heterocycles. The Morgan fingerprint density at radius 2 is 2.05 bits per heavy atom. The first-order chi connectivity index (χ1) is 9.67. The number of hydrogen-bond donors (Lipinski definition) is 1. The lowest BCUT2D eigenvalue weighted by Gasteiger charge is -2.37. The van der Waals surface area contributed by atoms with E-state index in [1.54, 1.807) is 0 Å². The van der Waals surface area contributed by atoms with Gasteiger partial charge in [0.25, 0.3) is 0 Å². The van der Waals surface area contributed by atoms with Crippen LogP contribution in [0, 0.1) is 0 Å². The summed E-state index contributed by atoms with van der Waals surface area (Å²) in [6, 6.07) is 0. The predicted octanol–water partition coefficient (Wildman–Crippen LogP) is 2.60. The fraction of sp³-hybridized carbons (Fsp3) is 0.933. The van der Waals surface area contributed by atoms with Gasteiger partial charge in [0.2, 0.25) is 0 Å². The Morgan fingerprint density at radius 3 is 2.60 bits per heavy atom. The molecular formula is C15H31N3OS. The number of aliphatic imine (C=N–C) groups is 1. The molecule has 0 aromatic carbocycles. The molecule has 0 spiro atoms. The first-order valence-electron chi connectivity index (χ1n) is 7.81. The molecule has 0 aliphatic carbocycles. The van der Waals surface area contributed by atoms with Gasteiger partial charge in [0.15, 0.2) is 5.96 Å². The van der Waals surface area contributed by atoms with Crippen molar-refractivity contribution in [1.82, 2.24) is 10.2 Å². The van der Waals surface area contributed by atoms with Gasteiger partial charge >= 0.3 is 0 Å². The van der Waals surface area contributed by atoms with Gasteiger partial charge in [-0.25, -0.2) is 0 Å². The van der Waals surface area contributed by atoms with Crippen molar-refractivity contribution in [2.75, 3.05) is 46.2 Å². The molecule has 4 nitrogen and oxygen atoms in total. The fourth-order valence-corrected chi connectivity index (χ4v) is 3.79. The van der Waals surface area contributed by atoms with Crippen LogP contribution >= 0.6 is 11.8 Å². The van der Waals surface area contributed by atoms with E-state index < -0.39 is 0 Å². The molecule has 0 radical (unpaired) electrons. The SMILES string of the molecule is CCCCN(C)C(=NC)NCC1(SCC)CCOCC1. The third-order valence-electron chi connectivity index (χ3n) is 3.84. The third kappa shape index (κ3) is 5.52. The van der Waals surface area contributed by atoms with Crippen molar-refractivity contribution in [1.29, 1.82) is 0 Å². The molecule has 0 saturated carbocycles. The summed E-state index contributed by atoms with van der Waals surface area (Å²) in [5, 5.41) is 3.57. The average molecular weight is 302 g/mol. The number of nitrogens with zero attached hydrogens (tertiary/aromatic N) is 2. The van der Waals surface area contributed by atoms with E-state index in [0.717, 1.165) is 50.9 Å². The van der Waals surface area contributed by atoms with E-state index in [0.29, 0.717) is 4.75 Å². The molecule has 1 fully saturated rings. The molecule has 1 aliphatic heterocycles. The topological polar surface area (TPSA) is 36.9 Å². The number of thioether (sulfide) groups is 1. The van der Waals surface area contributed by atoms with Crippen molar-refractivity contribution in [2.45, 2.75) is 44.3 Å². The lowest BCUT2D eigenvalue weighted by Crippen LogP contribution is -2.48. The largest absolute Gasteiger partial charge is 0.381 e. The smallest absolute Gasteiger partial charge is 0.193 e. The summed E-state index contributed by atoms with van der Waals surface area (Å²) < 4.78 is 5.84. The molecule has 0 bridgehead atoms. The van der Waals surface area contributed by atoms with Gasteiger partial charge in [-0.2, -0.15) is 11.8 Å². The maximum atomic E-state index is 5.52. The molecule has 0 amide bonds. The Bertz CT molecular complexity index is 285. The van der Waals surface area contributed by atoms with Crippen LogP contribution in [0.15, 0.2) is 4.99 Å². The van der Waals surface area contributed by atoms with Gasteiger partial charge in [0.05, 0.1) is 0 Å². The second kappa shape index (κ2) is 9.50. The van der Waals surface area contributed by atoms with Crippen LogP contribution in [-0.2, 0) is 4.74 Å². The predicted molar refractivity (Wildman–Crippen MR) is 89.8 cm³/mol. The van der Waals surface area contributed by atoms with E-state index in [4.69, 9.17) is 4.74 Å². The number of nitrogens with one attached hydrogen (secondary N) is 1. The molecule has 0 atom stereocenters. The van der Waals surface area contributed by atoms with Crippen LogP contribution in [0.4, 0.5) is 0 Å². The van der Waals surface area contributed by atoms with Gasteiger partial charge in [0.1, 0.15) is 0 Å². The van der Waals surface area contributed by atoms with E-state index >= 15 is 0 Å². The van der Waals surface area contributed by atoms with Crippen molar-refractivity contribution in [3.63, 3.8) is 0 Å². The van der Waals surface area contributed by atoms with E-state index in [9.17, 15) is 0 Å². The highest BCUT2D eigenvalue weighted by Crippen LogP contribution is 2.34. The molecule has 0 aromatic rings. The second-order valence-corrected chi connectivity index (χ2v) is 7.14. The van der Waals surface area contributed by atoms with E-state index in [1.165, 1.54) is 12.8 Å². The van der Waals surface area contributed by atoms with Gasteiger partial charge < -0.3 is 15.0 Å². The van der Waals surface area contributed by atoms with Crippen molar-refractivity contribution < 1.29 is 4.74 Å². The van der Waals surface area contributed by atoms with Crippen molar-refractivity contribution in [3.05, 3.63) is 0 Å². The minimum atomic E-state index is 0.314. The molecule has 118 valence electrons. The standard InChI is InChI=1S/C15H31N3OS/c1-5-7-10-18(4)14(16-3)17-13-15(20-6-2)8-11-19-12-9-15/h5-13H2,1-4H3,(H,16,17). The van der Waals surface area contributed by atoms with Crippen LogP contribution in [0.25, 0.3) is 0 Å². The van der Waals surface area contributed by atoms with Crippen LogP contribution in [0.1, 0.15) is 39.5 Å². The van der Waals surface area contributed by atoms with E-state index in [1.807, 2.05) is 7.05 Å². The average Bonchev–Trinajstić information content (AvgIpc) is 2.47. The second-order valence-electron chi connectivity index (χ2n) is 5.40. The van der Waals surface area contributed by atoms with Crippen LogP contribution in [0.2, 0.25) is 0 Å². The van der Waals surface area contributed by atoms with Crippen molar-refractivity contribution in [2.24, 2.45) is 4.99 Å². The highest BCUT2D eigenvalue weighted by molar-refractivity contribution is 8.00. The lowest BCUT2D eigenvalue weighted by atomic mass is 9.99. The molecule has 0 unspecified atom stereocenters. The Morgan fingerprint density at radius 1 is 1.35 bits per heavy atom. The first kappa shape index (κ1) is 17.6. The Balaban J connectivity index is 2.51. The molecule has 0 aromatic heterocycles. The first-order valence-corrected chi connectivity index (χ1v) is 8.79. The van der Waals surface area contributed by atoms with Crippen LogP contribution in [0.5, 0.6) is 0 Å². The summed E-state index contributed by atoms with van der Waals surface area (Å²) in [7, 11) is 3.99. The summed E-state index contributed by atoms with van der Waals surface area (Å²) in [4.78, 5) is 6.64. The summed E-state index contributed by atoms with van der Waals surface area (Å²) >= 11 is 2.07. The lowest BCUT2D eigenvalue weighted by molar-refractivity contribution is 0.0781. The van der Waals surface area contributed by atoms with Crippen LogP contribution in [-0.4, -0.2) is 61.8 Å². The number of guanidine groups is 1. The molecule has 5 heteroatoms. The molecule has 1 rings (SSSR count). The molecule has 1 saturated heterocycles. The monoisotopic (exact) mass is 301 g/mol. The molecule has 1 aliphatic rings. The number of rotatable bonds is 7. The van der Waals surface area contributed by atoms with E-state index in [2.05, 4.69) is 47.9 Å². The minimum Gasteiger partial charge on any atom is -0.381 e. The zero-order chi connectivity index (χ0) is 14.8.